The van der Waals surface area contributed by atoms with Gasteiger partial charge in [-0.2, -0.15) is 11.3 Å². The molecule has 2 aromatic heterocycles. The number of fused-ring (bicyclic) bond motifs is 3. The molecule has 2 aliphatic rings. The van der Waals surface area contributed by atoms with Gasteiger partial charge in [0, 0.05) is 30.0 Å². The molecule has 4 nitrogen and oxygen atoms in total. The Kier molecular flexibility index (Phi) is 5.51. The fraction of sp³-hybridized carbons (Fsp3) is 0.500. The van der Waals surface area contributed by atoms with Crippen molar-refractivity contribution in [3.63, 3.8) is 0 Å². The highest BCUT2D eigenvalue weighted by atomic mass is 32.1. The maximum atomic E-state index is 4.71. The molecule has 29 heavy (non-hydrogen) atoms. The van der Waals surface area contributed by atoms with E-state index in [2.05, 4.69) is 56.5 Å². The first-order valence-corrected chi connectivity index (χ1v) is 12.0. The number of likely N-dealkylation sites (tertiary alicyclic amines) is 1. The second kappa shape index (κ2) is 8.41. The third-order valence-corrected chi connectivity index (χ3v) is 7.42. The molecule has 1 fully saturated rings. The molecule has 1 saturated heterocycles. The fourth-order valence-electron chi connectivity index (χ4n) is 4.79. The molecule has 2 aliphatic heterocycles. The molecule has 1 aromatic carbocycles. The Hall–Kier alpha value is -1.98. The first-order valence-electron chi connectivity index (χ1n) is 11.0. The van der Waals surface area contributed by atoms with E-state index in [0.717, 1.165) is 25.3 Å². The smallest absolute Gasteiger partial charge is 0.165 e. The molecular weight excluding hydrogens is 376 g/mol. The first kappa shape index (κ1) is 19.0. The molecule has 0 atom stereocenters. The van der Waals surface area contributed by atoms with Crippen molar-refractivity contribution in [3.8, 4) is 11.4 Å². The van der Waals surface area contributed by atoms with Crippen molar-refractivity contribution >= 4 is 11.3 Å². The van der Waals surface area contributed by atoms with Gasteiger partial charge in [-0.1, -0.05) is 29.8 Å². The summed E-state index contributed by atoms with van der Waals surface area (Å²) >= 11 is 1.80. The van der Waals surface area contributed by atoms with Gasteiger partial charge in [-0.05, 0) is 75.0 Å². The van der Waals surface area contributed by atoms with Crippen LogP contribution >= 0.6 is 11.3 Å². The van der Waals surface area contributed by atoms with E-state index >= 15 is 0 Å². The second-order valence-corrected chi connectivity index (χ2v) is 9.40. The Morgan fingerprint density at radius 2 is 1.83 bits per heavy atom. The SMILES string of the molecule is Cc1ccc(CCN2CCC(c3nnc4n3CCCCc3cscc3-4)CC2)cc1. The zero-order valence-corrected chi connectivity index (χ0v) is 18.1. The van der Waals surface area contributed by atoms with Crippen molar-refractivity contribution in [3.05, 3.63) is 57.5 Å². The van der Waals surface area contributed by atoms with Gasteiger partial charge in [-0.3, -0.25) is 0 Å². The van der Waals surface area contributed by atoms with Crippen molar-refractivity contribution < 1.29 is 0 Å². The lowest BCUT2D eigenvalue weighted by atomic mass is 9.95. The highest BCUT2D eigenvalue weighted by Gasteiger charge is 2.27. The molecule has 0 aliphatic carbocycles. The van der Waals surface area contributed by atoms with Crippen molar-refractivity contribution in [2.75, 3.05) is 19.6 Å². The van der Waals surface area contributed by atoms with E-state index in [-0.39, 0.29) is 0 Å². The summed E-state index contributed by atoms with van der Waals surface area (Å²) in [4.78, 5) is 2.62. The van der Waals surface area contributed by atoms with Crippen LogP contribution < -0.4 is 0 Å². The van der Waals surface area contributed by atoms with Crippen LogP contribution in [0.2, 0.25) is 0 Å². The van der Waals surface area contributed by atoms with E-state index in [9.17, 15) is 0 Å². The summed E-state index contributed by atoms with van der Waals surface area (Å²) in [7, 11) is 0. The zero-order chi connectivity index (χ0) is 19.6. The number of benzene rings is 1. The number of aromatic nitrogens is 3. The number of rotatable bonds is 4. The van der Waals surface area contributed by atoms with Crippen LogP contribution in [-0.4, -0.2) is 39.3 Å². The number of hydrogen-bond acceptors (Lipinski definition) is 4. The van der Waals surface area contributed by atoms with E-state index in [4.69, 9.17) is 5.10 Å². The third kappa shape index (κ3) is 4.03. The van der Waals surface area contributed by atoms with Crippen LogP contribution in [0.25, 0.3) is 11.4 Å². The number of hydrogen-bond donors (Lipinski definition) is 0. The van der Waals surface area contributed by atoms with Crippen LogP contribution in [0.4, 0.5) is 0 Å². The molecule has 0 N–H and O–H groups in total. The maximum absolute atomic E-state index is 4.71. The lowest BCUT2D eigenvalue weighted by molar-refractivity contribution is 0.209. The van der Waals surface area contributed by atoms with Crippen molar-refractivity contribution in [1.29, 1.82) is 0 Å². The van der Waals surface area contributed by atoms with Crippen LogP contribution in [0, 0.1) is 6.92 Å². The number of thiophene rings is 1. The fourth-order valence-corrected chi connectivity index (χ4v) is 5.66. The van der Waals surface area contributed by atoms with Gasteiger partial charge < -0.3 is 9.47 Å². The summed E-state index contributed by atoms with van der Waals surface area (Å²) in [5.74, 6) is 2.89. The van der Waals surface area contributed by atoms with Gasteiger partial charge in [0.05, 0.1) is 0 Å². The largest absolute Gasteiger partial charge is 0.311 e. The van der Waals surface area contributed by atoms with Gasteiger partial charge in [0.2, 0.25) is 0 Å². The molecule has 0 radical (unpaired) electrons. The Labute approximate surface area is 177 Å². The minimum absolute atomic E-state index is 0.549. The van der Waals surface area contributed by atoms with Crippen LogP contribution in [0.3, 0.4) is 0 Å². The van der Waals surface area contributed by atoms with Crippen LogP contribution in [0.15, 0.2) is 35.0 Å². The zero-order valence-electron chi connectivity index (χ0n) is 17.3. The minimum Gasteiger partial charge on any atom is -0.311 e. The summed E-state index contributed by atoms with van der Waals surface area (Å²) in [6.45, 7) is 6.72. The quantitative estimate of drug-likeness (QED) is 0.606. The highest BCUT2D eigenvalue weighted by molar-refractivity contribution is 7.08. The van der Waals surface area contributed by atoms with E-state index < -0.39 is 0 Å². The normalized spacial score (nSPS) is 18.1. The second-order valence-electron chi connectivity index (χ2n) is 8.65. The van der Waals surface area contributed by atoms with E-state index in [1.807, 2.05) is 0 Å². The molecule has 0 bridgehead atoms. The molecule has 4 heterocycles. The highest BCUT2D eigenvalue weighted by Crippen LogP contribution is 2.34. The van der Waals surface area contributed by atoms with Gasteiger partial charge >= 0.3 is 0 Å². The van der Waals surface area contributed by atoms with Crippen LogP contribution in [0.5, 0.6) is 0 Å². The lowest BCUT2D eigenvalue weighted by Gasteiger charge is -2.31. The summed E-state index contributed by atoms with van der Waals surface area (Å²) in [5, 5.41) is 13.9. The topological polar surface area (TPSA) is 34.0 Å². The first-order chi connectivity index (χ1) is 14.3. The summed E-state index contributed by atoms with van der Waals surface area (Å²) < 4.78 is 2.44. The average molecular weight is 407 g/mol. The van der Waals surface area contributed by atoms with E-state index in [0.29, 0.717) is 5.92 Å². The van der Waals surface area contributed by atoms with E-state index in [1.165, 1.54) is 73.3 Å². The molecule has 0 amide bonds. The van der Waals surface area contributed by atoms with Gasteiger partial charge in [-0.25, -0.2) is 0 Å². The van der Waals surface area contributed by atoms with Crippen molar-refractivity contribution in [1.82, 2.24) is 19.7 Å². The summed E-state index contributed by atoms with van der Waals surface area (Å²) in [6.07, 6.45) is 7.21. The Morgan fingerprint density at radius 3 is 2.66 bits per heavy atom. The molecule has 152 valence electrons. The minimum atomic E-state index is 0.549. The van der Waals surface area contributed by atoms with E-state index in [1.54, 1.807) is 11.3 Å². The molecular formula is C24H30N4S. The van der Waals surface area contributed by atoms with Gasteiger partial charge in [0.15, 0.2) is 5.82 Å². The van der Waals surface area contributed by atoms with Gasteiger partial charge in [-0.15, -0.1) is 10.2 Å². The summed E-state index contributed by atoms with van der Waals surface area (Å²) in [5.41, 5.74) is 5.57. The molecule has 3 aromatic rings. The predicted octanol–water partition coefficient (Wildman–Crippen LogP) is 5.07. The maximum Gasteiger partial charge on any atom is 0.165 e. The Morgan fingerprint density at radius 1 is 1.00 bits per heavy atom. The molecule has 5 heteroatoms. The molecule has 0 spiro atoms. The van der Waals surface area contributed by atoms with Crippen LogP contribution in [0.1, 0.15) is 54.1 Å². The molecule has 5 rings (SSSR count). The number of piperidine rings is 1. The Bertz CT molecular complexity index is 948. The van der Waals surface area contributed by atoms with Crippen molar-refractivity contribution in [2.24, 2.45) is 0 Å². The van der Waals surface area contributed by atoms with Crippen LogP contribution in [-0.2, 0) is 19.4 Å². The van der Waals surface area contributed by atoms with Gasteiger partial charge in [0.1, 0.15) is 5.82 Å². The average Bonchev–Trinajstić information content (AvgIpc) is 3.35. The number of aryl methyl sites for hydroxylation is 2. The molecule has 0 unspecified atom stereocenters. The lowest BCUT2D eigenvalue weighted by Crippen LogP contribution is -2.35. The Balaban J connectivity index is 1.24. The number of nitrogens with zero attached hydrogens (tertiary/aromatic N) is 4. The third-order valence-electron chi connectivity index (χ3n) is 6.63. The monoisotopic (exact) mass is 406 g/mol. The summed E-state index contributed by atoms with van der Waals surface area (Å²) in [6, 6.07) is 8.99. The standard InChI is InChI=1S/C24H30N4S/c1-18-5-7-19(8-6-18)9-13-27-14-10-20(11-15-27)23-25-26-24-22-17-29-16-21(22)4-2-3-12-28(23)24/h5-8,16-17,20H,2-4,9-15H2,1H3. The van der Waals surface area contributed by atoms with Crippen molar-refractivity contribution in [2.45, 2.75) is 57.9 Å². The van der Waals surface area contributed by atoms with Gasteiger partial charge in [0.25, 0.3) is 0 Å². The molecule has 0 saturated carbocycles. The predicted molar refractivity (Wildman–Crippen MR) is 120 cm³/mol.